The third-order valence-electron chi connectivity index (χ3n) is 8.45. The lowest BCUT2D eigenvalue weighted by atomic mass is 9.85. The van der Waals surface area contributed by atoms with Crippen molar-refractivity contribution >= 4 is 64.9 Å². The van der Waals surface area contributed by atoms with Crippen LogP contribution in [0.1, 0.15) is 71.3 Å². The molecule has 4 N–H and O–H groups in total. The van der Waals surface area contributed by atoms with Crippen LogP contribution in [0.4, 0.5) is 23.2 Å². The molecule has 0 aliphatic rings. The van der Waals surface area contributed by atoms with Crippen molar-refractivity contribution in [1.29, 1.82) is 0 Å². The molecule has 0 radical (unpaired) electrons. The lowest BCUT2D eigenvalue weighted by Crippen LogP contribution is -2.34. The van der Waals surface area contributed by atoms with Crippen LogP contribution in [0.3, 0.4) is 0 Å². The Morgan fingerprint density at radius 3 is 1.85 bits per heavy atom. The Balaban J connectivity index is 0.00000131. The maximum absolute atomic E-state index is 14.0. The number of carbonyl (C=O) groups is 4. The summed E-state index contributed by atoms with van der Waals surface area (Å²) in [6, 6.07) is 25.2. The van der Waals surface area contributed by atoms with Crippen molar-refractivity contribution < 1.29 is 36.7 Å². The maximum atomic E-state index is 14.0. The number of rotatable bonds is 12. The van der Waals surface area contributed by atoms with Gasteiger partial charge in [0.15, 0.2) is 0 Å². The van der Waals surface area contributed by atoms with Crippen molar-refractivity contribution in [2.24, 2.45) is 5.73 Å². The van der Waals surface area contributed by atoms with Crippen LogP contribution in [-0.4, -0.2) is 65.1 Å². The second-order valence-corrected chi connectivity index (χ2v) is 15.6. The minimum absolute atomic E-state index is 0.252. The third kappa shape index (κ3) is 21.0. The number of carbonyl (C=O) groups excluding carboxylic acids is 4. The Morgan fingerprint density at radius 2 is 1.34 bits per heavy atom. The molecule has 1 unspecified atom stereocenters. The first-order chi connectivity index (χ1) is 31.2. The molecule has 0 bridgehead atoms. The molecule has 350 valence electrons. The molecule has 0 spiro atoms. The Kier molecular flexibility index (Phi) is 30.4. The van der Waals surface area contributed by atoms with Gasteiger partial charge in [-0.05, 0) is 148 Å². The molecule has 1 aromatic heterocycles. The first-order valence-corrected chi connectivity index (χ1v) is 22.0. The van der Waals surface area contributed by atoms with Crippen molar-refractivity contribution in [2.45, 2.75) is 63.8 Å². The molecule has 0 aliphatic heterocycles. The Labute approximate surface area is 389 Å². The Hall–Kier alpha value is -6.00. The summed E-state index contributed by atoms with van der Waals surface area (Å²) >= 11 is 3.11. The van der Waals surface area contributed by atoms with Gasteiger partial charge < -0.3 is 30.9 Å². The van der Waals surface area contributed by atoms with E-state index < -0.39 is 23.3 Å². The zero-order valence-corrected chi connectivity index (χ0v) is 39.9. The third-order valence-corrected chi connectivity index (χ3v) is 10.1. The number of benzene rings is 5. The Morgan fingerprint density at radius 1 is 0.815 bits per heavy atom. The monoisotopic (exact) mass is 935 g/mol. The number of anilines is 1. The van der Waals surface area contributed by atoms with Gasteiger partial charge in [0.25, 0.3) is 5.91 Å². The largest absolute Gasteiger partial charge is 0.349 e. The first kappa shape index (κ1) is 59.0. The molecular weight excluding hydrogens is 875 g/mol. The number of hydrogen-bond donors (Lipinski definition) is 3. The van der Waals surface area contributed by atoms with E-state index in [1.165, 1.54) is 54.0 Å². The van der Waals surface area contributed by atoms with E-state index in [0.29, 0.717) is 23.1 Å². The van der Waals surface area contributed by atoms with Crippen molar-refractivity contribution in [1.82, 2.24) is 15.6 Å². The predicted octanol–water partition coefficient (Wildman–Crippen LogP) is 10.9. The average molecular weight is 936 g/mol. The summed E-state index contributed by atoms with van der Waals surface area (Å²) in [6.07, 6.45) is 2.60. The second-order valence-electron chi connectivity index (χ2n) is 13.8. The highest BCUT2D eigenvalue weighted by molar-refractivity contribution is 8.02. The molecule has 0 fully saturated rings. The highest BCUT2D eigenvalue weighted by Gasteiger charge is 2.20. The summed E-state index contributed by atoms with van der Waals surface area (Å²) in [5, 5.41) is 7.43. The van der Waals surface area contributed by atoms with Crippen LogP contribution in [0.15, 0.2) is 119 Å². The highest BCUT2D eigenvalue weighted by atomic mass is 32.2. The van der Waals surface area contributed by atoms with E-state index in [2.05, 4.69) is 41.8 Å². The molecule has 9 nitrogen and oxygen atoms in total. The zero-order chi connectivity index (χ0) is 49.5. The molecule has 2 amide bonds. The number of nitrogens with two attached hydrogens (primary N) is 1. The van der Waals surface area contributed by atoms with Gasteiger partial charge in [-0.25, -0.2) is 22.5 Å². The molecule has 1 heterocycles. The first-order valence-electron chi connectivity index (χ1n) is 20.2. The highest BCUT2D eigenvalue weighted by Crippen LogP contribution is 2.33. The zero-order valence-electron chi connectivity index (χ0n) is 38.3. The number of nitrogens with zero attached hydrogens (tertiary/aromatic N) is 2. The lowest BCUT2D eigenvalue weighted by Gasteiger charge is -2.20. The quantitative estimate of drug-likeness (QED) is 0.0627. The minimum atomic E-state index is -0.670. The van der Waals surface area contributed by atoms with Crippen LogP contribution in [0.25, 0.3) is 10.2 Å². The fourth-order valence-electron chi connectivity index (χ4n) is 5.96. The Bertz CT molecular complexity index is 2290. The van der Waals surface area contributed by atoms with Crippen molar-refractivity contribution in [2.75, 3.05) is 33.1 Å². The van der Waals surface area contributed by atoms with E-state index in [1.807, 2.05) is 77.1 Å². The van der Waals surface area contributed by atoms with Gasteiger partial charge in [-0.1, -0.05) is 56.8 Å². The summed E-state index contributed by atoms with van der Waals surface area (Å²) in [4.78, 5) is 46.8. The summed E-state index contributed by atoms with van der Waals surface area (Å²) in [5.41, 5.74) is 12.2. The second kappa shape index (κ2) is 33.5. The fraction of sp³-hybridized carbons (Fsp3) is 0.260. The van der Waals surface area contributed by atoms with Gasteiger partial charge in [-0.3, -0.25) is 9.59 Å². The molecule has 6 rings (SSSR count). The fourth-order valence-corrected chi connectivity index (χ4v) is 7.19. The van der Waals surface area contributed by atoms with Crippen LogP contribution in [-0.2, 0) is 27.2 Å². The number of nitrogens with one attached hydrogen (secondary N) is 2. The van der Waals surface area contributed by atoms with Gasteiger partial charge in [0, 0.05) is 47.3 Å². The van der Waals surface area contributed by atoms with Gasteiger partial charge in [0.1, 0.15) is 36.8 Å². The molecule has 65 heavy (non-hydrogen) atoms. The van der Waals surface area contributed by atoms with Gasteiger partial charge in [0.2, 0.25) is 6.41 Å². The summed E-state index contributed by atoms with van der Waals surface area (Å²) in [7, 11) is 6.99. The SMILES string of the molecule is C=CSc1ccc(N(C)C=O)cc1C.C=O.C=O.CC(Cc1cc(F)cc(F)c1)NC(=O)c1cccc([C@@H](Cc2cc(F)cc(F)c2)c2ccc3scnc3c2)c1.CCC.CN.CNC. The molecule has 0 saturated heterocycles. The van der Waals surface area contributed by atoms with Crippen LogP contribution in [0.2, 0.25) is 0 Å². The van der Waals surface area contributed by atoms with Crippen molar-refractivity contribution in [3.05, 3.63) is 171 Å². The molecule has 0 aliphatic carbocycles. The number of thioether (sulfide) groups is 1. The van der Waals surface area contributed by atoms with Crippen LogP contribution in [0.5, 0.6) is 0 Å². The number of fused-ring (bicyclic) bond motifs is 1. The average Bonchev–Trinajstić information content (AvgIpc) is 3.76. The molecule has 0 saturated carbocycles. The van der Waals surface area contributed by atoms with E-state index >= 15 is 0 Å². The van der Waals surface area contributed by atoms with Crippen LogP contribution < -0.4 is 21.3 Å². The molecule has 6 aromatic rings. The van der Waals surface area contributed by atoms with Gasteiger partial charge in [-0.15, -0.1) is 11.3 Å². The van der Waals surface area contributed by atoms with Crippen LogP contribution >= 0.6 is 23.1 Å². The molecule has 5 aromatic carbocycles. The van der Waals surface area contributed by atoms with E-state index in [-0.39, 0.29) is 24.3 Å². The molecular formula is C50H61F4N5O4S2. The smallest absolute Gasteiger partial charge is 0.251 e. The van der Waals surface area contributed by atoms with E-state index in [1.54, 1.807) is 59.8 Å². The van der Waals surface area contributed by atoms with Gasteiger partial charge >= 0.3 is 0 Å². The van der Waals surface area contributed by atoms with E-state index in [9.17, 15) is 27.2 Å². The predicted molar refractivity (Wildman–Crippen MR) is 262 cm³/mol. The summed E-state index contributed by atoms with van der Waals surface area (Å²) < 4.78 is 56.1. The minimum Gasteiger partial charge on any atom is -0.349 e. The number of aryl methyl sites for hydroxylation is 1. The van der Waals surface area contributed by atoms with Gasteiger partial charge in [0.05, 0.1) is 15.7 Å². The number of aromatic nitrogens is 1. The summed E-state index contributed by atoms with van der Waals surface area (Å²) in [5.74, 6) is -3.30. The van der Waals surface area contributed by atoms with Crippen LogP contribution in [0, 0.1) is 30.2 Å². The topological polar surface area (TPSA) is 134 Å². The number of halogens is 4. The van der Waals surface area contributed by atoms with E-state index in [4.69, 9.17) is 9.59 Å². The molecule has 2 atom stereocenters. The maximum Gasteiger partial charge on any atom is 0.251 e. The van der Waals surface area contributed by atoms with E-state index in [0.717, 1.165) is 51.1 Å². The summed E-state index contributed by atoms with van der Waals surface area (Å²) in [6.45, 7) is 15.7. The molecule has 15 heteroatoms. The lowest BCUT2D eigenvalue weighted by molar-refractivity contribution is -0.107. The van der Waals surface area contributed by atoms with Gasteiger partial charge in [-0.2, -0.15) is 0 Å². The normalized spacial score (nSPS) is 10.5. The number of thiazole rings is 1. The van der Waals surface area contributed by atoms with Crippen molar-refractivity contribution in [3.63, 3.8) is 0 Å². The van der Waals surface area contributed by atoms with Crippen molar-refractivity contribution in [3.8, 4) is 0 Å². The standard InChI is InChI=1S/C31H24F4N2OS.C11H13NOS.C3H8.C2H7N.CH5N.2CH2O/c1-18(7-19-8-24(32)15-25(33)9-19)37-31(38)23-4-2-3-21(13-23)28(12-20-10-26(34)16-27(35)11-20)22-5-6-30-29(14-22)36-17-39-30;1-4-14-11-6-5-10(7-9(11)2)12(3)8-13;2*1-3-2;3*1-2/h2-6,8-11,13-18,28H,7,12H2,1H3,(H,37,38);4-8H,1H2,2-3H3;3H2,1-2H3;3H,1-2H3;2H2,1H3;2*1H2/t18?,28-;;;;;;/m1....../s1. The number of amides is 2. The number of hydrogen-bond acceptors (Lipinski definition) is 9.